The fourth-order valence-corrected chi connectivity index (χ4v) is 0.890. The van der Waals surface area contributed by atoms with E-state index in [9.17, 15) is 9.59 Å². The van der Waals surface area contributed by atoms with Gasteiger partial charge < -0.3 is 5.73 Å². The zero-order chi connectivity index (χ0) is 9.14. The average Bonchev–Trinajstić information content (AvgIpc) is 2.29. The van der Waals surface area contributed by atoms with Crippen molar-refractivity contribution in [2.45, 2.75) is 13.5 Å². The van der Waals surface area contributed by atoms with Crippen LogP contribution in [0.1, 0.15) is 16.1 Å². The van der Waals surface area contributed by atoms with Crippen LogP contribution in [-0.4, -0.2) is 22.0 Å². The van der Waals surface area contributed by atoms with Crippen molar-refractivity contribution in [1.29, 1.82) is 0 Å². The van der Waals surface area contributed by atoms with Crippen molar-refractivity contribution in [1.82, 2.24) is 9.78 Å². The number of amides is 1. The van der Waals surface area contributed by atoms with E-state index >= 15 is 0 Å². The molecule has 5 heteroatoms. The molecule has 1 heterocycles. The second-order valence-corrected chi connectivity index (χ2v) is 2.45. The minimum Gasteiger partial charge on any atom is -0.368 e. The van der Waals surface area contributed by atoms with Gasteiger partial charge in [-0.25, -0.2) is 0 Å². The molecule has 1 aromatic rings. The third-order valence-electron chi connectivity index (χ3n) is 1.43. The van der Waals surface area contributed by atoms with Crippen molar-refractivity contribution in [3.63, 3.8) is 0 Å². The number of rotatable bonds is 3. The van der Waals surface area contributed by atoms with Crippen LogP contribution >= 0.6 is 0 Å². The Labute approximate surface area is 69.2 Å². The molecule has 0 spiro atoms. The van der Waals surface area contributed by atoms with Crippen molar-refractivity contribution >= 4 is 12.2 Å². The molecule has 0 atom stereocenters. The highest BCUT2D eigenvalue weighted by atomic mass is 16.1. The lowest BCUT2D eigenvalue weighted by atomic mass is 10.3. The predicted molar refractivity (Wildman–Crippen MR) is 41.5 cm³/mol. The smallest absolute Gasteiger partial charge is 0.239 e. The largest absolute Gasteiger partial charge is 0.368 e. The van der Waals surface area contributed by atoms with E-state index < -0.39 is 5.91 Å². The Balaban J connectivity index is 2.89. The van der Waals surface area contributed by atoms with Gasteiger partial charge in [0.25, 0.3) is 0 Å². The zero-order valence-electron chi connectivity index (χ0n) is 6.65. The van der Waals surface area contributed by atoms with Crippen molar-refractivity contribution in [2.75, 3.05) is 0 Å². The summed E-state index contributed by atoms with van der Waals surface area (Å²) in [5.74, 6) is -0.477. The number of nitrogens with zero attached hydrogens (tertiary/aromatic N) is 2. The number of hydrogen-bond acceptors (Lipinski definition) is 3. The van der Waals surface area contributed by atoms with Gasteiger partial charge in [0.2, 0.25) is 5.91 Å². The average molecular weight is 167 g/mol. The molecular weight excluding hydrogens is 158 g/mol. The standard InChI is InChI=1S/C7H9N3O2/c1-5-6(4-11)2-10(9-5)3-7(8)12/h2,4H,3H2,1H3,(H2,8,12). The van der Waals surface area contributed by atoms with Crippen LogP contribution in [0, 0.1) is 6.92 Å². The van der Waals surface area contributed by atoms with Gasteiger partial charge in [0.05, 0.1) is 11.3 Å². The molecule has 1 rings (SSSR count). The molecular formula is C7H9N3O2. The van der Waals surface area contributed by atoms with Crippen molar-refractivity contribution < 1.29 is 9.59 Å². The Morgan fingerprint density at radius 3 is 2.92 bits per heavy atom. The monoisotopic (exact) mass is 167 g/mol. The second kappa shape index (κ2) is 3.17. The highest BCUT2D eigenvalue weighted by Gasteiger charge is 2.04. The second-order valence-electron chi connectivity index (χ2n) is 2.45. The number of nitrogens with two attached hydrogens (primary N) is 1. The molecule has 2 N–H and O–H groups in total. The van der Waals surface area contributed by atoms with Crippen LogP contribution in [0.15, 0.2) is 6.20 Å². The molecule has 0 aromatic carbocycles. The number of carbonyl (C=O) groups is 2. The highest BCUT2D eigenvalue weighted by molar-refractivity contribution is 5.76. The molecule has 0 saturated heterocycles. The molecule has 1 aromatic heterocycles. The molecule has 0 aliphatic carbocycles. The van der Waals surface area contributed by atoms with E-state index in [1.54, 1.807) is 6.92 Å². The first kappa shape index (κ1) is 8.45. The van der Waals surface area contributed by atoms with Crippen molar-refractivity contribution in [3.8, 4) is 0 Å². The summed E-state index contributed by atoms with van der Waals surface area (Å²) in [5, 5.41) is 3.91. The summed E-state index contributed by atoms with van der Waals surface area (Å²) >= 11 is 0. The Morgan fingerprint density at radius 1 is 1.83 bits per heavy atom. The van der Waals surface area contributed by atoms with E-state index in [0.717, 1.165) is 0 Å². The van der Waals surface area contributed by atoms with Gasteiger partial charge in [-0.1, -0.05) is 0 Å². The number of hydrogen-bond donors (Lipinski definition) is 1. The summed E-state index contributed by atoms with van der Waals surface area (Å²) in [5.41, 5.74) is 6.02. The number of aryl methyl sites for hydroxylation is 1. The minimum absolute atomic E-state index is 0.00861. The van der Waals surface area contributed by atoms with Gasteiger partial charge >= 0.3 is 0 Å². The van der Waals surface area contributed by atoms with E-state index in [1.165, 1.54) is 10.9 Å². The molecule has 64 valence electrons. The van der Waals surface area contributed by atoms with Gasteiger partial charge in [0.1, 0.15) is 6.54 Å². The number of aromatic nitrogens is 2. The Bertz CT molecular complexity index is 316. The molecule has 0 fully saturated rings. The molecule has 0 bridgehead atoms. The zero-order valence-corrected chi connectivity index (χ0v) is 6.65. The Hall–Kier alpha value is -1.65. The topological polar surface area (TPSA) is 78.0 Å². The maximum Gasteiger partial charge on any atom is 0.239 e. The molecule has 0 saturated carbocycles. The van der Waals surface area contributed by atoms with Crippen LogP contribution < -0.4 is 5.73 Å². The summed E-state index contributed by atoms with van der Waals surface area (Å²) in [6.45, 7) is 1.70. The fourth-order valence-electron chi connectivity index (χ4n) is 0.890. The fraction of sp³-hybridized carbons (Fsp3) is 0.286. The van der Waals surface area contributed by atoms with Gasteiger partial charge in [0.15, 0.2) is 6.29 Å². The van der Waals surface area contributed by atoms with Gasteiger partial charge in [-0.2, -0.15) is 5.10 Å². The minimum atomic E-state index is -0.477. The van der Waals surface area contributed by atoms with E-state index in [4.69, 9.17) is 5.73 Å². The lowest BCUT2D eigenvalue weighted by Crippen LogP contribution is -2.18. The summed E-state index contributed by atoms with van der Waals surface area (Å²) < 4.78 is 1.35. The maximum absolute atomic E-state index is 10.5. The third-order valence-corrected chi connectivity index (χ3v) is 1.43. The predicted octanol–water partition coefficient (Wildman–Crippen LogP) is -0.511. The van der Waals surface area contributed by atoms with Crippen LogP contribution in [0.4, 0.5) is 0 Å². The first-order valence-electron chi connectivity index (χ1n) is 3.41. The first-order chi connectivity index (χ1) is 5.63. The van der Waals surface area contributed by atoms with Gasteiger partial charge in [-0.15, -0.1) is 0 Å². The third kappa shape index (κ3) is 1.69. The summed E-state index contributed by atoms with van der Waals surface area (Å²) in [6, 6.07) is 0. The summed E-state index contributed by atoms with van der Waals surface area (Å²) in [6.07, 6.45) is 2.19. The number of primary amides is 1. The normalized spacial score (nSPS) is 9.75. The Morgan fingerprint density at radius 2 is 2.50 bits per heavy atom. The van der Waals surface area contributed by atoms with Crippen LogP contribution in [0.2, 0.25) is 0 Å². The quantitative estimate of drug-likeness (QED) is 0.616. The van der Waals surface area contributed by atoms with Crippen molar-refractivity contribution in [3.05, 3.63) is 17.5 Å². The molecule has 0 radical (unpaired) electrons. The summed E-state index contributed by atoms with van der Waals surface area (Å²) in [7, 11) is 0. The maximum atomic E-state index is 10.5. The molecule has 12 heavy (non-hydrogen) atoms. The highest BCUT2D eigenvalue weighted by Crippen LogP contribution is 2.01. The Kier molecular flexibility index (Phi) is 2.23. The molecule has 1 amide bonds. The summed E-state index contributed by atoms with van der Waals surface area (Å²) in [4.78, 5) is 20.8. The first-order valence-corrected chi connectivity index (χ1v) is 3.41. The van der Waals surface area contributed by atoms with E-state index in [2.05, 4.69) is 5.10 Å². The van der Waals surface area contributed by atoms with E-state index in [-0.39, 0.29) is 6.54 Å². The van der Waals surface area contributed by atoms with Crippen LogP contribution in [0.25, 0.3) is 0 Å². The van der Waals surface area contributed by atoms with Gasteiger partial charge in [-0.3, -0.25) is 14.3 Å². The number of aldehydes is 1. The van der Waals surface area contributed by atoms with Gasteiger partial charge in [0, 0.05) is 6.20 Å². The SMILES string of the molecule is Cc1nn(CC(N)=O)cc1C=O. The van der Waals surface area contributed by atoms with E-state index in [0.29, 0.717) is 17.5 Å². The van der Waals surface area contributed by atoms with Crippen LogP contribution in [-0.2, 0) is 11.3 Å². The lowest BCUT2D eigenvalue weighted by Gasteiger charge is -1.93. The molecule has 0 aliphatic heterocycles. The number of carbonyl (C=O) groups excluding carboxylic acids is 2. The van der Waals surface area contributed by atoms with Crippen LogP contribution in [0.5, 0.6) is 0 Å². The molecule has 5 nitrogen and oxygen atoms in total. The van der Waals surface area contributed by atoms with Gasteiger partial charge in [-0.05, 0) is 6.92 Å². The molecule has 0 unspecified atom stereocenters. The van der Waals surface area contributed by atoms with E-state index in [1.807, 2.05) is 0 Å². The van der Waals surface area contributed by atoms with Crippen LogP contribution in [0.3, 0.4) is 0 Å². The van der Waals surface area contributed by atoms with Crippen molar-refractivity contribution in [2.24, 2.45) is 5.73 Å². The molecule has 0 aliphatic rings. The lowest BCUT2D eigenvalue weighted by molar-refractivity contribution is -0.118.